The molecule has 0 amide bonds. The Bertz CT molecular complexity index is 456. The quantitative estimate of drug-likeness (QED) is 0.697. The lowest BCUT2D eigenvalue weighted by molar-refractivity contribution is 0.509. The van der Waals surface area contributed by atoms with Crippen LogP contribution in [0.25, 0.3) is 0 Å². The molecule has 6 heteroatoms. The SMILES string of the molecule is N#CC(C#N)N=Nc1ccc(F)c(F)c1. The fraction of sp³-hybridized carbons (Fsp3) is 0.111. The third-order valence-electron chi connectivity index (χ3n) is 1.44. The van der Waals surface area contributed by atoms with Gasteiger partial charge in [0.05, 0.1) is 5.69 Å². The maximum atomic E-state index is 12.7. The van der Waals surface area contributed by atoms with Gasteiger partial charge in [0, 0.05) is 6.07 Å². The van der Waals surface area contributed by atoms with Crippen molar-refractivity contribution >= 4 is 5.69 Å². The summed E-state index contributed by atoms with van der Waals surface area (Å²) in [4.78, 5) is 0. The molecule has 1 rings (SSSR count). The molecule has 0 bridgehead atoms. The second-order valence-electron chi connectivity index (χ2n) is 2.47. The van der Waals surface area contributed by atoms with Crippen molar-refractivity contribution in [2.24, 2.45) is 10.2 Å². The van der Waals surface area contributed by atoms with Gasteiger partial charge in [0.1, 0.15) is 12.1 Å². The predicted molar refractivity (Wildman–Crippen MR) is 45.9 cm³/mol. The molecule has 1 aromatic rings. The van der Waals surface area contributed by atoms with Gasteiger partial charge in [-0.3, -0.25) is 0 Å². The topological polar surface area (TPSA) is 72.3 Å². The smallest absolute Gasteiger partial charge is 0.204 e. The number of rotatable bonds is 2. The number of hydrogen-bond acceptors (Lipinski definition) is 4. The molecule has 4 nitrogen and oxygen atoms in total. The van der Waals surface area contributed by atoms with Gasteiger partial charge in [-0.15, -0.1) is 0 Å². The van der Waals surface area contributed by atoms with Crippen LogP contribution in [0.3, 0.4) is 0 Å². The third-order valence-corrected chi connectivity index (χ3v) is 1.44. The summed E-state index contributed by atoms with van der Waals surface area (Å²) < 4.78 is 25.1. The van der Waals surface area contributed by atoms with Crippen LogP contribution < -0.4 is 0 Å². The minimum absolute atomic E-state index is 0.0457. The van der Waals surface area contributed by atoms with E-state index in [1.54, 1.807) is 12.1 Å². The van der Waals surface area contributed by atoms with Gasteiger partial charge in [0.25, 0.3) is 0 Å². The predicted octanol–water partition coefficient (Wildman–Crippen LogP) is 2.46. The van der Waals surface area contributed by atoms with Crippen molar-refractivity contribution in [1.82, 2.24) is 0 Å². The first kappa shape index (κ1) is 10.7. The molecule has 0 unspecified atom stereocenters. The van der Waals surface area contributed by atoms with Crippen LogP contribution in [0, 0.1) is 34.3 Å². The van der Waals surface area contributed by atoms with Crippen molar-refractivity contribution in [1.29, 1.82) is 10.5 Å². The number of azo groups is 1. The van der Waals surface area contributed by atoms with E-state index in [1.807, 2.05) is 0 Å². The average Bonchev–Trinajstić information content (AvgIpc) is 2.24. The van der Waals surface area contributed by atoms with Gasteiger partial charge in [-0.05, 0) is 12.1 Å². The Morgan fingerprint density at radius 3 is 2.33 bits per heavy atom. The lowest BCUT2D eigenvalue weighted by Gasteiger charge is -1.94. The minimum Gasteiger partial charge on any atom is -0.204 e. The van der Waals surface area contributed by atoms with Crippen LogP contribution in [-0.2, 0) is 0 Å². The molecule has 0 aromatic heterocycles. The van der Waals surface area contributed by atoms with Crippen molar-refractivity contribution in [3.63, 3.8) is 0 Å². The first-order chi connectivity index (χ1) is 7.17. The fourth-order valence-corrected chi connectivity index (χ4v) is 0.752. The van der Waals surface area contributed by atoms with Crippen LogP contribution in [-0.4, -0.2) is 6.04 Å². The molecule has 0 aliphatic rings. The zero-order valence-corrected chi connectivity index (χ0v) is 7.35. The van der Waals surface area contributed by atoms with Crippen LogP contribution in [0.4, 0.5) is 14.5 Å². The lowest BCUT2D eigenvalue weighted by Crippen LogP contribution is -1.92. The van der Waals surface area contributed by atoms with E-state index in [0.717, 1.165) is 12.1 Å². The third kappa shape index (κ3) is 2.82. The summed E-state index contributed by atoms with van der Waals surface area (Å²) in [5.41, 5.74) is 0.0457. The summed E-state index contributed by atoms with van der Waals surface area (Å²) in [5, 5.41) is 23.4. The van der Waals surface area contributed by atoms with E-state index in [1.165, 1.54) is 6.07 Å². The van der Waals surface area contributed by atoms with E-state index >= 15 is 0 Å². The van der Waals surface area contributed by atoms with Crippen molar-refractivity contribution in [3.05, 3.63) is 29.8 Å². The summed E-state index contributed by atoms with van der Waals surface area (Å²) in [6, 6.07) is 4.78. The van der Waals surface area contributed by atoms with E-state index in [0.29, 0.717) is 0 Å². The highest BCUT2D eigenvalue weighted by atomic mass is 19.2. The summed E-state index contributed by atoms with van der Waals surface area (Å²) in [5.74, 6) is -2.05. The highest BCUT2D eigenvalue weighted by Gasteiger charge is 2.03. The summed E-state index contributed by atoms with van der Waals surface area (Å²) >= 11 is 0. The second-order valence-corrected chi connectivity index (χ2v) is 2.47. The highest BCUT2D eigenvalue weighted by Crippen LogP contribution is 2.16. The molecule has 1 aromatic carbocycles. The summed E-state index contributed by atoms with van der Waals surface area (Å²) in [6.07, 6.45) is 0. The van der Waals surface area contributed by atoms with Gasteiger partial charge in [-0.25, -0.2) is 8.78 Å². The molecule has 0 spiro atoms. The van der Waals surface area contributed by atoms with E-state index in [2.05, 4.69) is 10.2 Å². The molecule has 0 saturated carbocycles. The second kappa shape index (κ2) is 4.77. The van der Waals surface area contributed by atoms with Crippen LogP contribution >= 0.6 is 0 Å². The molecule has 0 fully saturated rings. The molecule has 0 N–H and O–H groups in total. The molecule has 0 atom stereocenters. The Morgan fingerprint density at radius 1 is 1.13 bits per heavy atom. The number of nitrogens with zero attached hydrogens (tertiary/aromatic N) is 4. The lowest BCUT2D eigenvalue weighted by atomic mass is 10.3. The minimum atomic E-state index is -1.24. The first-order valence-corrected chi connectivity index (χ1v) is 3.82. The molecular weight excluding hydrogens is 202 g/mol. The summed E-state index contributed by atoms with van der Waals surface area (Å²) in [7, 11) is 0. The largest absolute Gasteiger partial charge is 0.242 e. The van der Waals surface area contributed by atoms with E-state index in [4.69, 9.17) is 10.5 Å². The Morgan fingerprint density at radius 2 is 1.80 bits per heavy atom. The van der Waals surface area contributed by atoms with E-state index < -0.39 is 17.7 Å². The van der Waals surface area contributed by atoms with Gasteiger partial charge in [0.15, 0.2) is 11.6 Å². The van der Waals surface area contributed by atoms with Crippen LogP contribution in [0.1, 0.15) is 0 Å². The van der Waals surface area contributed by atoms with Crippen molar-refractivity contribution < 1.29 is 8.78 Å². The van der Waals surface area contributed by atoms with Crippen molar-refractivity contribution in [2.45, 2.75) is 6.04 Å². The molecule has 74 valence electrons. The Hall–Kier alpha value is -2.34. The maximum Gasteiger partial charge on any atom is 0.242 e. The zero-order chi connectivity index (χ0) is 11.3. The highest BCUT2D eigenvalue weighted by molar-refractivity contribution is 5.36. The van der Waals surface area contributed by atoms with E-state index in [-0.39, 0.29) is 5.69 Å². The maximum absolute atomic E-state index is 12.7. The van der Waals surface area contributed by atoms with Crippen molar-refractivity contribution in [2.75, 3.05) is 0 Å². The fourth-order valence-electron chi connectivity index (χ4n) is 0.752. The number of halogens is 2. The molecule has 15 heavy (non-hydrogen) atoms. The number of nitriles is 2. The Kier molecular flexibility index (Phi) is 3.42. The van der Waals surface area contributed by atoms with Crippen LogP contribution in [0.15, 0.2) is 28.4 Å². The Labute approximate surface area is 84.1 Å². The average molecular weight is 206 g/mol. The molecule has 0 saturated heterocycles. The molecule has 0 aliphatic carbocycles. The van der Waals surface area contributed by atoms with Crippen LogP contribution in [0.5, 0.6) is 0 Å². The monoisotopic (exact) mass is 206 g/mol. The number of hydrogen-bond donors (Lipinski definition) is 0. The summed E-state index contributed by atoms with van der Waals surface area (Å²) in [6.45, 7) is 0. The van der Waals surface area contributed by atoms with Crippen molar-refractivity contribution in [3.8, 4) is 12.1 Å². The van der Waals surface area contributed by atoms with E-state index in [9.17, 15) is 8.78 Å². The van der Waals surface area contributed by atoms with Gasteiger partial charge in [-0.1, -0.05) is 0 Å². The molecule has 0 heterocycles. The first-order valence-electron chi connectivity index (χ1n) is 3.82. The van der Waals surface area contributed by atoms with Crippen LogP contribution in [0.2, 0.25) is 0 Å². The van der Waals surface area contributed by atoms with Gasteiger partial charge in [0.2, 0.25) is 6.04 Å². The zero-order valence-electron chi connectivity index (χ0n) is 7.35. The van der Waals surface area contributed by atoms with Gasteiger partial charge < -0.3 is 0 Å². The van der Waals surface area contributed by atoms with Gasteiger partial charge >= 0.3 is 0 Å². The standard InChI is InChI=1S/C9H4F2N4/c10-8-2-1-6(3-9(8)11)14-15-7(4-12)5-13/h1-3,7H. The Balaban J connectivity index is 2.87. The molecular formula is C9H4F2N4. The number of benzene rings is 1. The molecule has 0 radical (unpaired) electrons. The van der Waals surface area contributed by atoms with Gasteiger partial charge in [-0.2, -0.15) is 20.8 Å². The molecule has 0 aliphatic heterocycles. The normalized spacial score (nSPS) is 10.2.